The highest BCUT2D eigenvalue weighted by atomic mass is 16.6. The summed E-state index contributed by atoms with van der Waals surface area (Å²) in [4.78, 5) is 21.9. The van der Waals surface area contributed by atoms with Crippen LogP contribution in [0.2, 0.25) is 0 Å². The monoisotopic (exact) mass is 654 g/mol. The molecule has 0 amide bonds. The number of hydrogen-bond donors (Lipinski definition) is 1. The Morgan fingerprint density at radius 3 is 1.07 bits per heavy atom. The zero-order valence-corrected chi connectivity index (χ0v) is 27.9. The Bertz CT molecular complexity index is 610. The SMILES string of the molecule is CCCCCCCCOCCOCCOCCOCCOCCOCCOCCOCCOCCOC(=O)CCCCC(=O)O. The molecule has 0 radical (unpaired) electrons. The Kier molecular flexibility index (Phi) is 37.5. The van der Waals surface area contributed by atoms with Crippen molar-refractivity contribution in [2.45, 2.75) is 71.1 Å². The van der Waals surface area contributed by atoms with E-state index in [-0.39, 0.29) is 32.0 Å². The fraction of sp³-hybridized carbons (Fsp3) is 0.938. The molecule has 0 heterocycles. The molecule has 0 aromatic rings. The van der Waals surface area contributed by atoms with Crippen LogP contribution in [-0.4, -0.2) is 143 Å². The molecule has 0 atom stereocenters. The molecule has 0 spiro atoms. The number of rotatable bonds is 39. The van der Waals surface area contributed by atoms with E-state index in [2.05, 4.69) is 6.92 Å². The first-order chi connectivity index (χ1) is 22.2. The minimum atomic E-state index is -0.860. The standard InChI is InChI=1S/C32H62O13/c1-2-3-4-5-6-9-12-36-13-14-37-15-16-38-17-18-39-19-20-40-21-22-41-23-24-42-25-26-43-27-28-44-29-30-45-32(35)11-8-7-10-31(33)34/h2-30H2,1H3,(H,33,34). The number of carbonyl (C=O) groups is 2. The van der Waals surface area contributed by atoms with Crippen LogP contribution in [0.1, 0.15) is 71.1 Å². The zero-order valence-electron chi connectivity index (χ0n) is 27.9. The van der Waals surface area contributed by atoms with Gasteiger partial charge in [0.05, 0.1) is 112 Å². The number of carboxylic acid groups (broad SMARTS) is 1. The van der Waals surface area contributed by atoms with Crippen LogP contribution in [0, 0.1) is 0 Å². The molecular weight excluding hydrogens is 592 g/mol. The van der Waals surface area contributed by atoms with Crippen molar-refractivity contribution in [3.63, 3.8) is 0 Å². The molecule has 0 aliphatic carbocycles. The highest BCUT2D eigenvalue weighted by Gasteiger charge is 2.04. The van der Waals surface area contributed by atoms with Gasteiger partial charge in [-0.05, 0) is 19.3 Å². The van der Waals surface area contributed by atoms with Gasteiger partial charge in [0, 0.05) is 19.4 Å². The first kappa shape index (κ1) is 43.6. The van der Waals surface area contributed by atoms with Crippen LogP contribution < -0.4 is 0 Å². The van der Waals surface area contributed by atoms with Crippen LogP contribution in [0.25, 0.3) is 0 Å². The fourth-order valence-electron chi connectivity index (χ4n) is 3.68. The molecule has 0 rings (SSSR count). The predicted molar refractivity (Wildman–Crippen MR) is 168 cm³/mol. The summed E-state index contributed by atoms with van der Waals surface area (Å²) in [5.41, 5.74) is 0. The van der Waals surface area contributed by atoms with Crippen LogP contribution in [0.3, 0.4) is 0 Å². The van der Waals surface area contributed by atoms with Crippen molar-refractivity contribution in [2.24, 2.45) is 0 Å². The molecule has 0 fully saturated rings. The van der Waals surface area contributed by atoms with Gasteiger partial charge < -0.3 is 52.5 Å². The van der Waals surface area contributed by atoms with Crippen LogP contribution >= 0.6 is 0 Å². The summed E-state index contributed by atoms with van der Waals surface area (Å²) in [6.07, 6.45) is 8.89. The van der Waals surface area contributed by atoms with E-state index in [0.717, 1.165) is 13.0 Å². The average Bonchev–Trinajstić information content (AvgIpc) is 3.03. The lowest BCUT2D eigenvalue weighted by Gasteiger charge is -2.09. The molecule has 0 aliphatic heterocycles. The van der Waals surface area contributed by atoms with Crippen molar-refractivity contribution in [3.8, 4) is 0 Å². The van der Waals surface area contributed by atoms with E-state index >= 15 is 0 Å². The third-order valence-electron chi connectivity index (χ3n) is 6.13. The molecule has 13 heteroatoms. The van der Waals surface area contributed by atoms with E-state index in [1.807, 2.05) is 0 Å². The third kappa shape index (κ3) is 40.6. The maximum Gasteiger partial charge on any atom is 0.305 e. The molecule has 268 valence electrons. The van der Waals surface area contributed by atoms with Gasteiger partial charge in [0.25, 0.3) is 0 Å². The van der Waals surface area contributed by atoms with Crippen LogP contribution in [0.5, 0.6) is 0 Å². The first-order valence-corrected chi connectivity index (χ1v) is 16.7. The molecule has 45 heavy (non-hydrogen) atoms. The summed E-state index contributed by atoms with van der Waals surface area (Å²) in [5.74, 6) is -1.20. The highest BCUT2D eigenvalue weighted by Crippen LogP contribution is 2.05. The Balaban J connectivity index is 3.09. The van der Waals surface area contributed by atoms with E-state index < -0.39 is 5.97 Å². The van der Waals surface area contributed by atoms with Crippen molar-refractivity contribution in [1.82, 2.24) is 0 Å². The summed E-state index contributed by atoms with van der Waals surface area (Å²) in [7, 11) is 0. The number of hydrogen-bond acceptors (Lipinski definition) is 12. The van der Waals surface area contributed by atoms with Crippen LogP contribution in [0.15, 0.2) is 0 Å². The molecular formula is C32H62O13. The van der Waals surface area contributed by atoms with Crippen molar-refractivity contribution in [2.75, 3.05) is 126 Å². The quantitative estimate of drug-likeness (QED) is 0.0760. The van der Waals surface area contributed by atoms with Crippen molar-refractivity contribution < 1.29 is 62.1 Å². The van der Waals surface area contributed by atoms with E-state index in [9.17, 15) is 9.59 Å². The summed E-state index contributed by atoms with van der Waals surface area (Å²) in [6.45, 7) is 11.6. The maximum atomic E-state index is 11.5. The summed E-state index contributed by atoms with van der Waals surface area (Å²) in [6, 6.07) is 0. The second kappa shape index (κ2) is 38.8. The molecule has 0 saturated heterocycles. The second-order valence-corrected chi connectivity index (χ2v) is 10.1. The lowest BCUT2D eigenvalue weighted by atomic mass is 10.1. The number of aliphatic carboxylic acids is 1. The van der Waals surface area contributed by atoms with Gasteiger partial charge in [-0.3, -0.25) is 9.59 Å². The number of unbranched alkanes of at least 4 members (excludes halogenated alkanes) is 6. The van der Waals surface area contributed by atoms with E-state index in [4.69, 9.17) is 52.5 Å². The minimum absolute atomic E-state index is 0.0635. The Labute approximate surface area is 270 Å². The van der Waals surface area contributed by atoms with Gasteiger partial charge in [-0.1, -0.05) is 39.0 Å². The van der Waals surface area contributed by atoms with Gasteiger partial charge in [0.15, 0.2) is 0 Å². The highest BCUT2D eigenvalue weighted by molar-refractivity contribution is 5.69. The summed E-state index contributed by atoms with van der Waals surface area (Å²) < 4.78 is 54.2. The molecule has 0 aliphatic rings. The molecule has 0 aromatic heterocycles. The summed E-state index contributed by atoms with van der Waals surface area (Å²) in [5, 5.41) is 8.54. The van der Waals surface area contributed by atoms with E-state index in [0.29, 0.717) is 119 Å². The Morgan fingerprint density at radius 1 is 0.378 bits per heavy atom. The van der Waals surface area contributed by atoms with Crippen molar-refractivity contribution in [3.05, 3.63) is 0 Å². The molecule has 0 unspecified atom stereocenters. The molecule has 0 aromatic carbocycles. The lowest BCUT2D eigenvalue weighted by Crippen LogP contribution is -2.15. The topological polar surface area (TPSA) is 147 Å². The summed E-state index contributed by atoms with van der Waals surface area (Å²) >= 11 is 0. The molecule has 0 bridgehead atoms. The zero-order chi connectivity index (χ0) is 32.7. The number of ether oxygens (including phenoxy) is 10. The fourth-order valence-corrected chi connectivity index (χ4v) is 3.68. The predicted octanol–water partition coefficient (Wildman–Crippen LogP) is 3.68. The average molecular weight is 655 g/mol. The van der Waals surface area contributed by atoms with Gasteiger partial charge in [0.1, 0.15) is 6.61 Å². The lowest BCUT2D eigenvalue weighted by molar-refractivity contribution is -0.146. The van der Waals surface area contributed by atoms with Crippen molar-refractivity contribution >= 4 is 11.9 Å². The number of carbonyl (C=O) groups excluding carboxylic acids is 1. The van der Waals surface area contributed by atoms with Gasteiger partial charge in [0.2, 0.25) is 0 Å². The number of esters is 1. The van der Waals surface area contributed by atoms with Gasteiger partial charge in [-0.25, -0.2) is 0 Å². The minimum Gasteiger partial charge on any atom is -0.481 e. The van der Waals surface area contributed by atoms with Gasteiger partial charge >= 0.3 is 11.9 Å². The van der Waals surface area contributed by atoms with Crippen LogP contribution in [0.4, 0.5) is 0 Å². The van der Waals surface area contributed by atoms with E-state index in [1.54, 1.807) is 0 Å². The smallest absolute Gasteiger partial charge is 0.305 e. The molecule has 13 nitrogen and oxygen atoms in total. The van der Waals surface area contributed by atoms with Gasteiger partial charge in [-0.15, -0.1) is 0 Å². The number of carboxylic acids is 1. The molecule has 0 saturated carbocycles. The molecule has 1 N–H and O–H groups in total. The maximum absolute atomic E-state index is 11.5. The Morgan fingerprint density at radius 2 is 0.689 bits per heavy atom. The third-order valence-corrected chi connectivity index (χ3v) is 6.13. The van der Waals surface area contributed by atoms with Crippen LogP contribution in [-0.2, 0) is 57.0 Å². The van der Waals surface area contributed by atoms with E-state index in [1.165, 1.54) is 32.1 Å². The van der Waals surface area contributed by atoms with Gasteiger partial charge in [-0.2, -0.15) is 0 Å². The normalized spacial score (nSPS) is 11.3. The second-order valence-electron chi connectivity index (χ2n) is 10.1. The van der Waals surface area contributed by atoms with Crippen molar-refractivity contribution in [1.29, 1.82) is 0 Å². The largest absolute Gasteiger partial charge is 0.481 e. The first-order valence-electron chi connectivity index (χ1n) is 16.7. The Hall–Kier alpha value is -1.42.